The molecule has 0 aliphatic rings. The van der Waals surface area contributed by atoms with E-state index in [1.165, 1.54) is 167 Å². The van der Waals surface area contributed by atoms with E-state index in [-0.39, 0.29) is 12.5 Å². The number of carbonyl (C=O) groups excluding carboxylic acids is 1. The van der Waals surface area contributed by atoms with Crippen molar-refractivity contribution < 1.29 is 15.0 Å². The molecule has 0 aliphatic carbocycles. The molecular formula is C40H77NO3. The highest BCUT2D eigenvalue weighted by molar-refractivity contribution is 5.75. The van der Waals surface area contributed by atoms with Crippen LogP contribution in [0.15, 0.2) is 24.3 Å². The quantitative estimate of drug-likeness (QED) is 0.0488. The Labute approximate surface area is 275 Å². The highest BCUT2D eigenvalue weighted by Gasteiger charge is 2.17. The first-order valence-corrected chi connectivity index (χ1v) is 19.6. The van der Waals surface area contributed by atoms with Gasteiger partial charge < -0.3 is 15.5 Å². The Kier molecular flexibility index (Phi) is 35.4. The van der Waals surface area contributed by atoms with Gasteiger partial charge in [0, 0.05) is 6.42 Å². The van der Waals surface area contributed by atoms with Crippen LogP contribution < -0.4 is 5.32 Å². The second-order valence-corrected chi connectivity index (χ2v) is 13.3. The molecule has 0 aromatic carbocycles. The van der Waals surface area contributed by atoms with Gasteiger partial charge in [-0.3, -0.25) is 4.79 Å². The van der Waals surface area contributed by atoms with Gasteiger partial charge in [-0.05, 0) is 25.7 Å². The van der Waals surface area contributed by atoms with Crippen LogP contribution in [-0.4, -0.2) is 34.9 Å². The van der Waals surface area contributed by atoms with E-state index in [0.29, 0.717) is 6.42 Å². The zero-order valence-electron chi connectivity index (χ0n) is 29.7. The predicted molar refractivity (Wildman–Crippen MR) is 193 cm³/mol. The van der Waals surface area contributed by atoms with Gasteiger partial charge in [0.1, 0.15) is 0 Å². The molecule has 0 rings (SSSR count). The van der Waals surface area contributed by atoms with Gasteiger partial charge in [0.2, 0.25) is 5.91 Å². The lowest BCUT2D eigenvalue weighted by molar-refractivity contribution is -0.122. The molecule has 0 spiro atoms. The number of allylic oxidation sites excluding steroid dienone is 3. The summed E-state index contributed by atoms with van der Waals surface area (Å²) in [5.74, 6) is -0.162. The van der Waals surface area contributed by atoms with Gasteiger partial charge in [0.15, 0.2) is 0 Å². The first-order chi connectivity index (χ1) is 21.7. The first kappa shape index (κ1) is 42.9. The fourth-order valence-electron chi connectivity index (χ4n) is 5.92. The molecule has 4 nitrogen and oxygen atoms in total. The zero-order chi connectivity index (χ0) is 32.2. The normalized spacial score (nSPS) is 13.3. The number of unbranched alkanes of at least 4 members (excludes halogenated alkanes) is 27. The smallest absolute Gasteiger partial charge is 0.220 e. The average molecular weight is 620 g/mol. The van der Waals surface area contributed by atoms with Gasteiger partial charge in [-0.15, -0.1) is 0 Å². The van der Waals surface area contributed by atoms with Crippen LogP contribution in [0.25, 0.3) is 0 Å². The molecule has 2 atom stereocenters. The molecule has 2 unspecified atom stereocenters. The van der Waals surface area contributed by atoms with E-state index >= 15 is 0 Å². The maximum atomic E-state index is 11.4. The van der Waals surface area contributed by atoms with Crippen molar-refractivity contribution in [3.63, 3.8) is 0 Å². The molecular weight excluding hydrogens is 542 g/mol. The van der Waals surface area contributed by atoms with Gasteiger partial charge in [0.05, 0.1) is 18.8 Å². The average Bonchev–Trinajstić information content (AvgIpc) is 3.03. The fourth-order valence-corrected chi connectivity index (χ4v) is 5.92. The van der Waals surface area contributed by atoms with E-state index in [1.807, 2.05) is 6.08 Å². The Morgan fingerprint density at radius 1 is 0.523 bits per heavy atom. The predicted octanol–water partition coefficient (Wildman–Crippen LogP) is 11.7. The number of aliphatic hydroxyl groups excluding tert-OH is 2. The summed E-state index contributed by atoms with van der Waals surface area (Å²) in [5, 5.41) is 22.1. The lowest BCUT2D eigenvalue weighted by atomic mass is 10.0. The molecule has 1 amide bonds. The lowest BCUT2D eigenvalue weighted by Gasteiger charge is -2.19. The molecule has 0 saturated carbocycles. The monoisotopic (exact) mass is 620 g/mol. The zero-order valence-corrected chi connectivity index (χ0v) is 29.7. The van der Waals surface area contributed by atoms with E-state index < -0.39 is 12.1 Å². The van der Waals surface area contributed by atoms with Crippen molar-refractivity contribution in [1.82, 2.24) is 5.32 Å². The number of rotatable bonds is 35. The minimum atomic E-state index is -0.854. The van der Waals surface area contributed by atoms with E-state index in [9.17, 15) is 15.0 Å². The number of hydrogen-bond donors (Lipinski definition) is 3. The van der Waals surface area contributed by atoms with Crippen molar-refractivity contribution >= 4 is 5.91 Å². The topological polar surface area (TPSA) is 69.6 Å². The molecule has 0 aliphatic heterocycles. The summed E-state index contributed by atoms with van der Waals surface area (Å²) >= 11 is 0. The second kappa shape index (κ2) is 36.3. The maximum absolute atomic E-state index is 11.4. The SMILES string of the molecule is CCCCCCCCCCCCCCCCCCCCCCCCCCCC/C=C/CC/C=C/C(O)C(CO)NC(=O)CC. The molecule has 0 aromatic rings. The molecule has 3 N–H and O–H groups in total. The van der Waals surface area contributed by atoms with Crippen LogP contribution in [0.1, 0.15) is 206 Å². The van der Waals surface area contributed by atoms with Crippen molar-refractivity contribution in [2.75, 3.05) is 6.61 Å². The minimum absolute atomic E-state index is 0.162. The van der Waals surface area contributed by atoms with Crippen molar-refractivity contribution in [2.24, 2.45) is 0 Å². The Morgan fingerprint density at radius 2 is 0.864 bits per heavy atom. The Bertz CT molecular complexity index is 632. The Balaban J connectivity index is 3.28. The second-order valence-electron chi connectivity index (χ2n) is 13.3. The summed E-state index contributed by atoms with van der Waals surface area (Å²) < 4.78 is 0. The molecule has 0 bridgehead atoms. The highest BCUT2D eigenvalue weighted by atomic mass is 16.3. The maximum Gasteiger partial charge on any atom is 0.220 e. The fraction of sp³-hybridized carbons (Fsp3) is 0.875. The Morgan fingerprint density at radius 3 is 1.23 bits per heavy atom. The van der Waals surface area contributed by atoms with Gasteiger partial charge in [-0.1, -0.05) is 199 Å². The molecule has 0 radical (unpaired) electrons. The van der Waals surface area contributed by atoms with Crippen LogP contribution in [0.4, 0.5) is 0 Å². The van der Waals surface area contributed by atoms with Crippen LogP contribution in [-0.2, 0) is 4.79 Å². The van der Waals surface area contributed by atoms with Gasteiger partial charge in [0.25, 0.3) is 0 Å². The van der Waals surface area contributed by atoms with Crippen molar-refractivity contribution in [3.05, 3.63) is 24.3 Å². The minimum Gasteiger partial charge on any atom is -0.394 e. The first-order valence-electron chi connectivity index (χ1n) is 19.6. The lowest BCUT2D eigenvalue weighted by Crippen LogP contribution is -2.44. The van der Waals surface area contributed by atoms with Crippen molar-refractivity contribution in [3.8, 4) is 0 Å². The number of amides is 1. The number of nitrogens with one attached hydrogen (secondary N) is 1. The van der Waals surface area contributed by atoms with Gasteiger partial charge in [-0.2, -0.15) is 0 Å². The van der Waals surface area contributed by atoms with Gasteiger partial charge >= 0.3 is 0 Å². The third kappa shape index (κ3) is 32.3. The van der Waals surface area contributed by atoms with Crippen LogP contribution >= 0.6 is 0 Å². The van der Waals surface area contributed by atoms with E-state index in [4.69, 9.17) is 0 Å². The molecule has 260 valence electrons. The van der Waals surface area contributed by atoms with Crippen LogP contribution in [0, 0.1) is 0 Å². The molecule has 4 heteroatoms. The van der Waals surface area contributed by atoms with Crippen LogP contribution in [0.5, 0.6) is 0 Å². The summed E-state index contributed by atoms with van der Waals surface area (Å²) in [6.07, 6.45) is 47.8. The largest absolute Gasteiger partial charge is 0.394 e. The molecule has 0 saturated heterocycles. The van der Waals surface area contributed by atoms with Crippen LogP contribution in [0.2, 0.25) is 0 Å². The number of hydrogen-bond acceptors (Lipinski definition) is 3. The number of aliphatic hydroxyl groups is 2. The third-order valence-corrected chi connectivity index (χ3v) is 9.00. The third-order valence-electron chi connectivity index (χ3n) is 9.00. The Hall–Kier alpha value is -1.13. The van der Waals surface area contributed by atoms with Gasteiger partial charge in [-0.25, -0.2) is 0 Å². The summed E-state index contributed by atoms with van der Waals surface area (Å²) in [6, 6.07) is -0.632. The summed E-state index contributed by atoms with van der Waals surface area (Å²) in [7, 11) is 0. The van der Waals surface area contributed by atoms with Crippen molar-refractivity contribution in [1.29, 1.82) is 0 Å². The standard InChI is InChI=1S/C40H77NO3/c1-3-5-6-7-8-9-10-11-12-13-14-15-16-17-18-19-20-21-22-23-24-25-26-27-28-29-30-31-32-33-34-35-36-39(43)38(37-42)41-40(44)4-2/h31-32,35-36,38-39,42-43H,3-30,33-34,37H2,1-2H3,(H,41,44)/b32-31+,36-35+. The molecule has 44 heavy (non-hydrogen) atoms. The molecule has 0 fully saturated rings. The molecule has 0 aromatic heterocycles. The van der Waals surface area contributed by atoms with E-state index in [2.05, 4.69) is 24.4 Å². The summed E-state index contributed by atoms with van der Waals surface area (Å²) in [6.45, 7) is 3.78. The summed E-state index contributed by atoms with van der Waals surface area (Å²) in [5.41, 5.74) is 0. The molecule has 0 heterocycles. The van der Waals surface area contributed by atoms with E-state index in [1.54, 1.807) is 13.0 Å². The van der Waals surface area contributed by atoms with Crippen LogP contribution in [0.3, 0.4) is 0 Å². The van der Waals surface area contributed by atoms with E-state index in [0.717, 1.165) is 19.3 Å². The highest BCUT2D eigenvalue weighted by Crippen LogP contribution is 2.16. The number of carbonyl (C=O) groups is 1. The van der Waals surface area contributed by atoms with Crippen molar-refractivity contribution in [2.45, 2.75) is 219 Å². The summed E-state index contributed by atoms with van der Waals surface area (Å²) in [4.78, 5) is 11.4.